The maximum absolute atomic E-state index is 9.40. The first kappa shape index (κ1) is 8.75. The summed E-state index contributed by atoms with van der Waals surface area (Å²) in [4.78, 5) is 0. The van der Waals surface area contributed by atoms with Crippen molar-refractivity contribution < 1.29 is 9.84 Å². The van der Waals surface area contributed by atoms with Gasteiger partial charge in [-0.1, -0.05) is 13.0 Å². The van der Waals surface area contributed by atoms with E-state index in [4.69, 9.17) is 4.74 Å². The van der Waals surface area contributed by atoms with Gasteiger partial charge in [-0.05, 0) is 18.8 Å². The molecule has 2 heteroatoms. The Labute approximate surface area is 67.9 Å². The van der Waals surface area contributed by atoms with Crippen molar-refractivity contribution in [3.05, 3.63) is 12.7 Å². The van der Waals surface area contributed by atoms with Crippen LogP contribution >= 0.6 is 0 Å². The van der Waals surface area contributed by atoms with Gasteiger partial charge in [0.2, 0.25) is 0 Å². The van der Waals surface area contributed by atoms with E-state index in [1.807, 2.05) is 6.08 Å². The lowest BCUT2D eigenvalue weighted by atomic mass is 9.86. The lowest BCUT2D eigenvalue weighted by Crippen LogP contribution is -2.34. The number of aliphatic hydroxyl groups is 1. The van der Waals surface area contributed by atoms with Crippen LogP contribution in [0.4, 0.5) is 0 Å². The highest BCUT2D eigenvalue weighted by Gasteiger charge is 2.28. The van der Waals surface area contributed by atoms with Crippen LogP contribution in [0.2, 0.25) is 0 Å². The number of hydrogen-bond acceptors (Lipinski definition) is 2. The minimum atomic E-state index is -0.572. The maximum atomic E-state index is 9.40. The van der Waals surface area contributed by atoms with Crippen molar-refractivity contribution in [2.45, 2.75) is 26.1 Å². The van der Waals surface area contributed by atoms with Crippen LogP contribution in [-0.4, -0.2) is 18.0 Å². The molecule has 0 bridgehead atoms. The lowest BCUT2D eigenvalue weighted by molar-refractivity contribution is -0.173. The van der Waals surface area contributed by atoms with Gasteiger partial charge in [-0.25, -0.2) is 0 Å². The van der Waals surface area contributed by atoms with Gasteiger partial charge < -0.3 is 9.84 Å². The molecule has 0 spiro atoms. The Bertz CT molecular complexity index is 124. The zero-order valence-electron chi connectivity index (χ0n) is 6.99. The van der Waals surface area contributed by atoms with E-state index >= 15 is 0 Å². The van der Waals surface area contributed by atoms with Crippen LogP contribution in [0.25, 0.3) is 0 Å². The number of allylic oxidation sites excluding steroid dienone is 1. The van der Waals surface area contributed by atoms with E-state index in [9.17, 15) is 5.11 Å². The average Bonchev–Trinajstić information content (AvgIpc) is 1.97. The van der Waals surface area contributed by atoms with Crippen molar-refractivity contribution in [2.24, 2.45) is 11.8 Å². The fraction of sp³-hybridized carbons (Fsp3) is 0.778. The zero-order chi connectivity index (χ0) is 8.27. The standard InChI is InChI=1S/C9H16O2/c1-3-4-8-7(2)5-6-11-9(8)10/h3,7-10H,1,4-6H2,2H3/t7-,8+,9?/m0/s1. The van der Waals surface area contributed by atoms with Gasteiger partial charge in [-0.3, -0.25) is 0 Å². The highest BCUT2D eigenvalue weighted by molar-refractivity contribution is 4.80. The molecule has 0 amide bonds. The van der Waals surface area contributed by atoms with E-state index < -0.39 is 6.29 Å². The Morgan fingerprint density at radius 1 is 1.73 bits per heavy atom. The summed E-state index contributed by atoms with van der Waals surface area (Å²) >= 11 is 0. The van der Waals surface area contributed by atoms with Crippen LogP contribution < -0.4 is 0 Å². The number of aliphatic hydroxyl groups excluding tert-OH is 1. The van der Waals surface area contributed by atoms with Crippen molar-refractivity contribution in [3.8, 4) is 0 Å². The molecule has 0 aromatic carbocycles. The summed E-state index contributed by atoms with van der Waals surface area (Å²) in [5.74, 6) is 0.804. The largest absolute Gasteiger partial charge is 0.368 e. The smallest absolute Gasteiger partial charge is 0.157 e. The van der Waals surface area contributed by atoms with Gasteiger partial charge in [0.1, 0.15) is 0 Å². The molecule has 1 saturated heterocycles. The summed E-state index contributed by atoms with van der Waals surface area (Å²) < 4.78 is 5.12. The molecule has 1 N–H and O–H groups in total. The first-order valence-corrected chi connectivity index (χ1v) is 4.16. The molecule has 3 atom stereocenters. The van der Waals surface area contributed by atoms with E-state index in [2.05, 4.69) is 13.5 Å². The van der Waals surface area contributed by atoms with E-state index in [-0.39, 0.29) is 5.92 Å². The second kappa shape index (κ2) is 3.88. The van der Waals surface area contributed by atoms with Crippen LogP contribution in [0.15, 0.2) is 12.7 Å². The van der Waals surface area contributed by atoms with Gasteiger partial charge in [0, 0.05) is 5.92 Å². The second-order valence-electron chi connectivity index (χ2n) is 3.22. The maximum Gasteiger partial charge on any atom is 0.157 e. The van der Waals surface area contributed by atoms with E-state index in [1.54, 1.807) is 0 Å². The Balaban J connectivity index is 2.47. The molecular weight excluding hydrogens is 140 g/mol. The predicted octanol–water partition coefficient (Wildman–Crippen LogP) is 1.55. The van der Waals surface area contributed by atoms with Crippen LogP contribution in [0.5, 0.6) is 0 Å². The van der Waals surface area contributed by atoms with Crippen LogP contribution in [0.1, 0.15) is 19.8 Å². The highest BCUT2D eigenvalue weighted by atomic mass is 16.6. The summed E-state index contributed by atoms with van der Waals surface area (Å²) in [5, 5.41) is 9.40. The Kier molecular flexibility index (Phi) is 3.09. The molecule has 1 rings (SSSR count). The third kappa shape index (κ3) is 2.04. The first-order valence-electron chi connectivity index (χ1n) is 4.16. The summed E-state index contributed by atoms with van der Waals surface area (Å²) in [5.41, 5.74) is 0. The van der Waals surface area contributed by atoms with Crippen molar-refractivity contribution in [1.82, 2.24) is 0 Å². The number of hydrogen-bond donors (Lipinski definition) is 1. The second-order valence-corrected chi connectivity index (χ2v) is 3.22. The molecule has 64 valence electrons. The Hall–Kier alpha value is -0.340. The third-order valence-electron chi connectivity index (χ3n) is 2.40. The third-order valence-corrected chi connectivity index (χ3v) is 2.40. The average molecular weight is 156 g/mol. The van der Waals surface area contributed by atoms with Gasteiger partial charge in [0.25, 0.3) is 0 Å². The van der Waals surface area contributed by atoms with Crippen LogP contribution in [-0.2, 0) is 4.74 Å². The highest BCUT2D eigenvalue weighted by Crippen LogP contribution is 2.28. The lowest BCUT2D eigenvalue weighted by Gasteiger charge is -2.32. The molecule has 11 heavy (non-hydrogen) atoms. The van der Waals surface area contributed by atoms with Gasteiger partial charge in [0.05, 0.1) is 6.61 Å². The fourth-order valence-electron chi connectivity index (χ4n) is 1.53. The monoisotopic (exact) mass is 156 g/mol. The van der Waals surface area contributed by atoms with E-state index in [0.717, 1.165) is 12.8 Å². The molecule has 0 radical (unpaired) electrons. The summed E-state index contributed by atoms with van der Waals surface area (Å²) in [6, 6.07) is 0. The van der Waals surface area contributed by atoms with E-state index in [0.29, 0.717) is 12.5 Å². The van der Waals surface area contributed by atoms with Crippen LogP contribution in [0, 0.1) is 11.8 Å². The fourth-order valence-corrected chi connectivity index (χ4v) is 1.53. The molecular formula is C9H16O2. The van der Waals surface area contributed by atoms with Gasteiger partial charge in [-0.2, -0.15) is 0 Å². The van der Waals surface area contributed by atoms with Crippen molar-refractivity contribution >= 4 is 0 Å². The molecule has 0 aromatic heterocycles. The van der Waals surface area contributed by atoms with E-state index in [1.165, 1.54) is 0 Å². The predicted molar refractivity (Wildman–Crippen MR) is 44.0 cm³/mol. The molecule has 1 unspecified atom stereocenters. The quantitative estimate of drug-likeness (QED) is 0.615. The van der Waals surface area contributed by atoms with Crippen molar-refractivity contribution in [1.29, 1.82) is 0 Å². The normalized spacial score (nSPS) is 38.5. The molecule has 0 saturated carbocycles. The Morgan fingerprint density at radius 2 is 2.45 bits per heavy atom. The topological polar surface area (TPSA) is 29.5 Å². The van der Waals surface area contributed by atoms with Gasteiger partial charge in [0.15, 0.2) is 6.29 Å². The Morgan fingerprint density at radius 3 is 3.00 bits per heavy atom. The molecule has 2 nitrogen and oxygen atoms in total. The molecule has 1 aliphatic rings. The molecule has 1 heterocycles. The molecule has 0 aliphatic carbocycles. The van der Waals surface area contributed by atoms with Crippen LogP contribution in [0.3, 0.4) is 0 Å². The van der Waals surface area contributed by atoms with Gasteiger partial charge in [-0.15, -0.1) is 6.58 Å². The molecule has 0 aromatic rings. The summed E-state index contributed by atoms with van der Waals surface area (Å²) in [6.45, 7) is 6.50. The van der Waals surface area contributed by atoms with Crippen molar-refractivity contribution in [2.75, 3.05) is 6.61 Å². The SMILES string of the molecule is C=CC[C@H]1C(O)OCC[C@@H]1C. The summed E-state index contributed by atoms with van der Waals surface area (Å²) in [6.07, 6.45) is 3.17. The van der Waals surface area contributed by atoms with Gasteiger partial charge >= 0.3 is 0 Å². The molecule has 1 aliphatic heterocycles. The summed E-state index contributed by atoms with van der Waals surface area (Å²) in [7, 11) is 0. The number of rotatable bonds is 2. The minimum Gasteiger partial charge on any atom is -0.368 e. The van der Waals surface area contributed by atoms with Crippen molar-refractivity contribution in [3.63, 3.8) is 0 Å². The molecule has 1 fully saturated rings. The zero-order valence-corrected chi connectivity index (χ0v) is 6.99. The minimum absolute atomic E-state index is 0.251. The first-order chi connectivity index (χ1) is 5.25. The number of ether oxygens (including phenoxy) is 1.